The van der Waals surface area contributed by atoms with Crippen LogP contribution in [0.1, 0.15) is 33.3 Å². The molecule has 0 aliphatic rings. The van der Waals surface area contributed by atoms with E-state index in [2.05, 4.69) is 145 Å². The lowest BCUT2D eigenvalue weighted by molar-refractivity contribution is 1.28. The fourth-order valence-corrected chi connectivity index (χ4v) is 4.01. The fraction of sp³-hybridized carbons (Fsp3) is 0.143. The molecule has 0 N–H and O–H groups in total. The Kier molecular flexibility index (Phi) is 10.1. The van der Waals surface area contributed by atoms with E-state index in [4.69, 9.17) is 0 Å². The molecule has 1 heteroatoms. The molecule has 0 atom stereocenters. The van der Waals surface area contributed by atoms with Gasteiger partial charge in [-0.2, -0.15) is 0 Å². The zero-order chi connectivity index (χ0) is 25.8. The topological polar surface area (TPSA) is 3.24 Å². The van der Waals surface area contributed by atoms with E-state index in [0.29, 0.717) is 0 Å². The number of rotatable bonds is 5. The SMILES string of the molecule is CC.CC.Cc1ccc(-c2ccc(-c3ccc(N(c4ccccc4)c4ccccc4)cc3)cc2)cc1. The smallest absolute Gasteiger partial charge is 0.0462 e. The first kappa shape index (κ1) is 26.5. The van der Waals surface area contributed by atoms with Gasteiger partial charge in [0.2, 0.25) is 0 Å². The average Bonchev–Trinajstić information content (AvgIpc) is 2.97. The van der Waals surface area contributed by atoms with Crippen molar-refractivity contribution < 1.29 is 0 Å². The number of hydrogen-bond donors (Lipinski definition) is 0. The molecule has 0 saturated heterocycles. The van der Waals surface area contributed by atoms with Crippen molar-refractivity contribution in [1.29, 1.82) is 0 Å². The molecular weight excluding hydrogens is 434 g/mol. The Hall–Kier alpha value is -4.10. The molecule has 0 aliphatic heterocycles. The average molecular weight is 472 g/mol. The van der Waals surface area contributed by atoms with Crippen LogP contribution in [0.4, 0.5) is 17.1 Å². The van der Waals surface area contributed by atoms with Gasteiger partial charge in [-0.15, -0.1) is 0 Å². The molecule has 182 valence electrons. The zero-order valence-corrected chi connectivity index (χ0v) is 22.1. The van der Waals surface area contributed by atoms with Crippen LogP contribution in [-0.2, 0) is 0 Å². The Labute approximate surface area is 217 Å². The van der Waals surface area contributed by atoms with Crippen molar-refractivity contribution in [3.63, 3.8) is 0 Å². The summed E-state index contributed by atoms with van der Waals surface area (Å²) >= 11 is 0. The first-order chi connectivity index (χ1) is 17.8. The van der Waals surface area contributed by atoms with Gasteiger partial charge in [-0.05, 0) is 65.6 Å². The molecule has 0 fully saturated rings. The predicted octanol–water partition coefficient (Wildman–Crippen LogP) is 10.9. The van der Waals surface area contributed by atoms with Crippen molar-refractivity contribution >= 4 is 17.1 Å². The van der Waals surface area contributed by atoms with Crippen LogP contribution in [0, 0.1) is 6.92 Å². The highest BCUT2D eigenvalue weighted by Gasteiger charge is 2.11. The molecule has 0 spiro atoms. The summed E-state index contributed by atoms with van der Waals surface area (Å²) in [5.74, 6) is 0. The van der Waals surface area contributed by atoms with Gasteiger partial charge in [0.15, 0.2) is 0 Å². The van der Waals surface area contributed by atoms with E-state index < -0.39 is 0 Å². The van der Waals surface area contributed by atoms with E-state index in [9.17, 15) is 0 Å². The summed E-state index contributed by atoms with van der Waals surface area (Å²) in [5.41, 5.74) is 9.64. The van der Waals surface area contributed by atoms with Crippen LogP contribution >= 0.6 is 0 Å². The summed E-state index contributed by atoms with van der Waals surface area (Å²) in [5, 5.41) is 0. The number of hydrogen-bond acceptors (Lipinski definition) is 1. The van der Waals surface area contributed by atoms with Crippen LogP contribution in [0.2, 0.25) is 0 Å². The highest BCUT2D eigenvalue weighted by Crippen LogP contribution is 2.35. The molecule has 5 rings (SSSR count). The minimum Gasteiger partial charge on any atom is -0.311 e. The van der Waals surface area contributed by atoms with Gasteiger partial charge >= 0.3 is 0 Å². The van der Waals surface area contributed by atoms with Gasteiger partial charge in [0.25, 0.3) is 0 Å². The Morgan fingerprint density at radius 2 is 0.611 bits per heavy atom. The Bertz CT molecular complexity index is 1230. The minimum atomic E-state index is 1.14. The maximum atomic E-state index is 2.28. The number of nitrogens with zero attached hydrogens (tertiary/aromatic N) is 1. The van der Waals surface area contributed by atoms with E-state index in [1.165, 1.54) is 27.8 Å². The monoisotopic (exact) mass is 471 g/mol. The summed E-state index contributed by atoms with van der Waals surface area (Å²) in [7, 11) is 0. The molecule has 0 unspecified atom stereocenters. The second kappa shape index (κ2) is 13.7. The van der Waals surface area contributed by atoms with Crippen molar-refractivity contribution in [2.45, 2.75) is 34.6 Å². The normalized spacial score (nSPS) is 9.81. The molecular formula is C35H37N. The molecule has 0 saturated carbocycles. The first-order valence-electron chi connectivity index (χ1n) is 13.0. The minimum absolute atomic E-state index is 1.14. The van der Waals surface area contributed by atoms with Crippen LogP contribution in [0.5, 0.6) is 0 Å². The summed E-state index contributed by atoms with van der Waals surface area (Å²) in [4.78, 5) is 2.28. The lowest BCUT2D eigenvalue weighted by Crippen LogP contribution is -2.09. The highest BCUT2D eigenvalue weighted by molar-refractivity contribution is 5.78. The molecule has 5 aromatic rings. The van der Waals surface area contributed by atoms with Gasteiger partial charge in [0.05, 0.1) is 0 Å². The Balaban J connectivity index is 0.000000861. The number of aryl methyl sites for hydroxylation is 1. The third-order valence-corrected chi connectivity index (χ3v) is 5.76. The van der Waals surface area contributed by atoms with E-state index >= 15 is 0 Å². The van der Waals surface area contributed by atoms with Gasteiger partial charge in [-0.25, -0.2) is 0 Å². The van der Waals surface area contributed by atoms with E-state index in [1.807, 2.05) is 27.7 Å². The number of para-hydroxylation sites is 2. The molecule has 0 aromatic heterocycles. The van der Waals surface area contributed by atoms with Crippen LogP contribution in [0.25, 0.3) is 22.3 Å². The van der Waals surface area contributed by atoms with Crippen molar-refractivity contribution in [3.05, 3.63) is 139 Å². The van der Waals surface area contributed by atoms with Crippen LogP contribution in [0.15, 0.2) is 133 Å². The van der Waals surface area contributed by atoms with E-state index in [-0.39, 0.29) is 0 Å². The molecule has 0 amide bonds. The van der Waals surface area contributed by atoms with Crippen LogP contribution in [0.3, 0.4) is 0 Å². The van der Waals surface area contributed by atoms with Crippen molar-refractivity contribution in [3.8, 4) is 22.3 Å². The second-order valence-electron chi connectivity index (χ2n) is 8.00. The number of benzene rings is 5. The second-order valence-corrected chi connectivity index (χ2v) is 8.00. The van der Waals surface area contributed by atoms with Crippen molar-refractivity contribution in [2.75, 3.05) is 4.90 Å². The molecule has 1 nitrogen and oxygen atoms in total. The third-order valence-electron chi connectivity index (χ3n) is 5.76. The summed E-state index contributed by atoms with van der Waals surface area (Å²) in [6, 6.07) is 47.3. The highest BCUT2D eigenvalue weighted by atomic mass is 15.1. The third kappa shape index (κ3) is 6.52. The molecule has 5 aromatic carbocycles. The zero-order valence-electron chi connectivity index (χ0n) is 22.1. The molecule has 0 radical (unpaired) electrons. The summed E-state index contributed by atoms with van der Waals surface area (Å²) < 4.78 is 0. The van der Waals surface area contributed by atoms with Crippen LogP contribution in [-0.4, -0.2) is 0 Å². The molecule has 0 aliphatic carbocycles. The fourth-order valence-electron chi connectivity index (χ4n) is 4.01. The molecule has 36 heavy (non-hydrogen) atoms. The maximum Gasteiger partial charge on any atom is 0.0462 e. The largest absolute Gasteiger partial charge is 0.311 e. The molecule has 0 heterocycles. The number of anilines is 3. The Morgan fingerprint density at radius 1 is 0.333 bits per heavy atom. The first-order valence-corrected chi connectivity index (χ1v) is 13.0. The van der Waals surface area contributed by atoms with Gasteiger partial charge in [0.1, 0.15) is 0 Å². The van der Waals surface area contributed by atoms with Gasteiger partial charge in [-0.1, -0.05) is 130 Å². The van der Waals surface area contributed by atoms with Crippen molar-refractivity contribution in [2.24, 2.45) is 0 Å². The van der Waals surface area contributed by atoms with Crippen LogP contribution < -0.4 is 4.90 Å². The standard InChI is InChI=1S/C31H25N.2C2H6/c1-24-12-14-25(15-13-24)26-16-18-27(19-17-26)28-20-22-31(23-21-28)32(29-8-4-2-5-9-29)30-10-6-3-7-11-30;2*1-2/h2-23H,1H3;2*1-2H3. The van der Waals surface area contributed by atoms with Crippen molar-refractivity contribution in [1.82, 2.24) is 0 Å². The lowest BCUT2D eigenvalue weighted by atomic mass is 9.99. The summed E-state index contributed by atoms with van der Waals surface area (Å²) in [6.45, 7) is 10.1. The van der Waals surface area contributed by atoms with Gasteiger partial charge in [0, 0.05) is 17.1 Å². The quantitative estimate of drug-likeness (QED) is 0.246. The molecule has 0 bridgehead atoms. The Morgan fingerprint density at radius 3 is 0.972 bits per heavy atom. The van der Waals surface area contributed by atoms with E-state index in [1.54, 1.807) is 0 Å². The van der Waals surface area contributed by atoms with Gasteiger partial charge < -0.3 is 4.90 Å². The van der Waals surface area contributed by atoms with E-state index in [0.717, 1.165) is 17.1 Å². The maximum absolute atomic E-state index is 2.28. The predicted molar refractivity (Wildman–Crippen MR) is 159 cm³/mol. The summed E-state index contributed by atoms with van der Waals surface area (Å²) in [6.07, 6.45) is 0. The lowest BCUT2D eigenvalue weighted by Gasteiger charge is -2.25. The van der Waals surface area contributed by atoms with Gasteiger partial charge in [-0.3, -0.25) is 0 Å².